The highest BCUT2D eigenvalue weighted by atomic mass is 32.2. The van der Waals surface area contributed by atoms with Crippen LogP contribution in [0.25, 0.3) is 0 Å². The summed E-state index contributed by atoms with van der Waals surface area (Å²) in [6.45, 7) is 1.38. The van der Waals surface area contributed by atoms with Crippen LogP contribution in [-0.2, 0) is 47.6 Å². The lowest BCUT2D eigenvalue weighted by molar-refractivity contribution is -0.294. The summed E-state index contributed by atoms with van der Waals surface area (Å²) in [7, 11) is -6.03. The second kappa shape index (κ2) is 9.02. The van der Waals surface area contributed by atoms with E-state index in [0.717, 1.165) is 20.8 Å². The van der Waals surface area contributed by atoms with E-state index in [-0.39, 0.29) is 0 Å². The van der Waals surface area contributed by atoms with Crippen LogP contribution < -0.4 is 0 Å². The van der Waals surface area contributed by atoms with E-state index in [2.05, 4.69) is 4.18 Å². The van der Waals surface area contributed by atoms with E-state index in [9.17, 15) is 41.1 Å². The second-order valence-corrected chi connectivity index (χ2v) is 7.08. The van der Waals surface area contributed by atoms with Gasteiger partial charge in [-0.3, -0.25) is 18.6 Å². The molecule has 1 rings (SSSR count). The van der Waals surface area contributed by atoms with Gasteiger partial charge >= 0.3 is 33.5 Å². The lowest BCUT2D eigenvalue weighted by Gasteiger charge is -2.42. The summed E-state index contributed by atoms with van der Waals surface area (Å²) in [6.07, 6.45) is -9.11. The van der Waals surface area contributed by atoms with E-state index in [1.165, 1.54) is 0 Å². The van der Waals surface area contributed by atoms with Crippen molar-refractivity contribution in [1.82, 2.24) is 0 Å². The van der Waals surface area contributed by atoms with Gasteiger partial charge in [-0.05, 0) is 0 Å². The number of rotatable bonds is 6. The highest BCUT2D eigenvalue weighted by molar-refractivity contribution is 7.87. The van der Waals surface area contributed by atoms with E-state index in [1.54, 1.807) is 0 Å². The molecule has 0 amide bonds. The van der Waals surface area contributed by atoms with Gasteiger partial charge in [0.05, 0.1) is 6.61 Å². The lowest BCUT2D eigenvalue weighted by atomic mass is 9.98. The Kier molecular flexibility index (Phi) is 7.75. The van der Waals surface area contributed by atoms with Crippen molar-refractivity contribution in [2.75, 3.05) is 6.61 Å². The average Bonchev–Trinajstić information content (AvgIpc) is 2.49. The van der Waals surface area contributed by atoms with Gasteiger partial charge in [-0.25, -0.2) is 0 Å². The summed E-state index contributed by atoms with van der Waals surface area (Å²) in [4.78, 5) is 33.9. The van der Waals surface area contributed by atoms with E-state index in [1.807, 2.05) is 0 Å². The van der Waals surface area contributed by atoms with Crippen molar-refractivity contribution in [2.45, 2.75) is 57.0 Å². The Hall–Kier alpha value is -1.97. The molecular formula is C13H17F3O11S. The van der Waals surface area contributed by atoms with Gasteiger partial charge in [0.15, 0.2) is 24.6 Å². The molecule has 0 aromatic heterocycles. The molecule has 0 unspecified atom stereocenters. The molecule has 5 atom stereocenters. The maximum absolute atomic E-state index is 12.4. The van der Waals surface area contributed by atoms with Crippen LogP contribution in [0.4, 0.5) is 13.2 Å². The minimum Gasteiger partial charge on any atom is -0.456 e. The maximum atomic E-state index is 12.4. The Morgan fingerprint density at radius 3 is 1.79 bits per heavy atom. The van der Waals surface area contributed by atoms with Crippen LogP contribution in [0.2, 0.25) is 0 Å². The summed E-state index contributed by atoms with van der Waals surface area (Å²) in [5.74, 6) is -2.97. The fourth-order valence-electron chi connectivity index (χ4n) is 2.23. The van der Waals surface area contributed by atoms with Crippen molar-refractivity contribution >= 4 is 28.0 Å². The van der Waals surface area contributed by atoms with Gasteiger partial charge in [0.25, 0.3) is 0 Å². The van der Waals surface area contributed by atoms with Crippen LogP contribution in [0, 0.1) is 0 Å². The third kappa shape index (κ3) is 6.29. The number of carbonyl (C=O) groups is 3. The number of esters is 3. The molecule has 11 nitrogen and oxygen atoms in total. The number of alkyl halides is 3. The van der Waals surface area contributed by atoms with Crippen molar-refractivity contribution in [1.29, 1.82) is 0 Å². The van der Waals surface area contributed by atoms with Crippen molar-refractivity contribution in [3.63, 3.8) is 0 Å². The number of carbonyl (C=O) groups excluding carboxylic acids is 3. The lowest BCUT2D eigenvalue weighted by Crippen LogP contribution is -2.62. The van der Waals surface area contributed by atoms with Crippen molar-refractivity contribution in [2.24, 2.45) is 0 Å². The fourth-order valence-corrected chi connectivity index (χ4v) is 2.68. The Balaban J connectivity index is 3.19. The Morgan fingerprint density at radius 1 is 0.929 bits per heavy atom. The molecule has 1 fully saturated rings. The predicted octanol–water partition coefficient (Wildman–Crippen LogP) is -0.635. The number of hydrogen-bond donors (Lipinski definition) is 1. The van der Waals surface area contributed by atoms with Gasteiger partial charge in [-0.1, -0.05) is 0 Å². The van der Waals surface area contributed by atoms with E-state index >= 15 is 0 Å². The van der Waals surface area contributed by atoms with Crippen molar-refractivity contribution in [3.8, 4) is 0 Å². The molecule has 1 N–H and O–H groups in total. The maximum Gasteiger partial charge on any atom is 0.523 e. The van der Waals surface area contributed by atoms with Crippen LogP contribution in [-0.4, -0.2) is 74.3 Å². The van der Waals surface area contributed by atoms with Crippen LogP contribution in [0.1, 0.15) is 20.8 Å². The van der Waals surface area contributed by atoms with Crippen LogP contribution >= 0.6 is 0 Å². The number of ether oxygens (including phenoxy) is 4. The van der Waals surface area contributed by atoms with Gasteiger partial charge in [-0.15, -0.1) is 0 Å². The average molecular weight is 438 g/mol. The topological polar surface area (TPSA) is 152 Å². The summed E-state index contributed by atoms with van der Waals surface area (Å²) in [5.41, 5.74) is -5.74. The second-order valence-electron chi connectivity index (χ2n) is 5.47. The molecule has 15 heteroatoms. The summed E-state index contributed by atoms with van der Waals surface area (Å²) >= 11 is 0. The summed E-state index contributed by atoms with van der Waals surface area (Å²) in [5, 5.41) is 9.95. The van der Waals surface area contributed by atoms with Gasteiger partial charge < -0.3 is 24.1 Å². The smallest absolute Gasteiger partial charge is 0.456 e. The highest BCUT2D eigenvalue weighted by Gasteiger charge is 2.53. The molecule has 162 valence electrons. The van der Waals surface area contributed by atoms with E-state index in [0.29, 0.717) is 0 Å². The number of halogens is 3. The molecule has 1 aliphatic heterocycles. The zero-order valence-electron chi connectivity index (χ0n) is 14.7. The standard InChI is InChI=1S/C13H17F3O11S/c1-5(17)24-9-8(4-23-28(21,22)13(14,15)16)27-12(20)11(26-7(3)19)10(9)25-6(2)18/h8-12,20H,4H2,1-3H3/t8-,9+,10+,11-,12-/m1/s1. The van der Waals surface area contributed by atoms with Gasteiger partial charge in [-0.2, -0.15) is 21.6 Å². The number of hydrogen-bond acceptors (Lipinski definition) is 11. The Morgan fingerprint density at radius 2 is 1.36 bits per heavy atom. The third-order valence-corrected chi connectivity index (χ3v) is 4.20. The zero-order valence-corrected chi connectivity index (χ0v) is 15.5. The Bertz CT molecular complexity index is 705. The van der Waals surface area contributed by atoms with Gasteiger partial charge in [0.1, 0.15) is 6.10 Å². The van der Waals surface area contributed by atoms with Crippen LogP contribution in [0.15, 0.2) is 0 Å². The first-order chi connectivity index (χ1) is 12.7. The van der Waals surface area contributed by atoms with Crippen LogP contribution in [0.5, 0.6) is 0 Å². The largest absolute Gasteiger partial charge is 0.523 e. The third-order valence-electron chi connectivity index (χ3n) is 3.19. The van der Waals surface area contributed by atoms with Gasteiger partial charge in [0.2, 0.25) is 0 Å². The summed E-state index contributed by atoms with van der Waals surface area (Å²) in [6, 6.07) is 0. The minimum atomic E-state index is -6.03. The molecule has 0 spiro atoms. The molecule has 1 saturated heterocycles. The molecule has 1 heterocycles. The fraction of sp³-hybridized carbons (Fsp3) is 0.769. The summed E-state index contributed by atoms with van der Waals surface area (Å²) < 4.78 is 82.5. The highest BCUT2D eigenvalue weighted by Crippen LogP contribution is 2.30. The van der Waals surface area contributed by atoms with Crippen molar-refractivity contribution < 1.29 is 64.2 Å². The quantitative estimate of drug-likeness (QED) is 0.244. The number of aliphatic hydroxyl groups is 1. The SMILES string of the molecule is CC(=O)O[C@@H]1[C@@H](OC(C)=O)[C@H](O)O[C@H](COS(=O)(=O)C(F)(F)F)[C@@H]1OC(C)=O. The molecule has 0 radical (unpaired) electrons. The molecule has 0 saturated carbocycles. The monoisotopic (exact) mass is 438 g/mol. The molecule has 0 aliphatic carbocycles. The predicted molar refractivity (Wildman–Crippen MR) is 78.5 cm³/mol. The first kappa shape index (κ1) is 24.1. The van der Waals surface area contributed by atoms with Gasteiger partial charge in [0, 0.05) is 20.8 Å². The van der Waals surface area contributed by atoms with Crippen molar-refractivity contribution in [3.05, 3.63) is 0 Å². The first-order valence-electron chi connectivity index (χ1n) is 7.46. The molecule has 0 aromatic carbocycles. The molecule has 0 bridgehead atoms. The molecule has 0 aromatic rings. The first-order valence-corrected chi connectivity index (χ1v) is 8.87. The normalized spacial score (nSPS) is 28.3. The molecule has 1 aliphatic rings. The molecule has 28 heavy (non-hydrogen) atoms. The van der Waals surface area contributed by atoms with E-state index < -0.39 is 70.8 Å². The zero-order chi connectivity index (χ0) is 21.9. The Labute approximate surface area is 156 Å². The van der Waals surface area contributed by atoms with Crippen LogP contribution in [0.3, 0.4) is 0 Å². The molecular weight excluding hydrogens is 421 g/mol. The number of aliphatic hydroxyl groups excluding tert-OH is 1. The van der Waals surface area contributed by atoms with E-state index in [4.69, 9.17) is 18.9 Å². The minimum absolute atomic E-state index is 0.890.